The van der Waals surface area contributed by atoms with Gasteiger partial charge in [-0.2, -0.15) is 0 Å². The van der Waals surface area contributed by atoms with Gasteiger partial charge in [0.1, 0.15) is 0 Å². The Morgan fingerprint density at radius 3 is 2.79 bits per heavy atom. The van der Waals surface area contributed by atoms with E-state index in [9.17, 15) is 4.79 Å². The SMILES string of the molecule is Cl.O=C(c1ccc2c(c1)CNC2)N1CC2CCC1C2. The van der Waals surface area contributed by atoms with Gasteiger partial charge in [-0.1, -0.05) is 6.07 Å². The maximum atomic E-state index is 12.5. The molecule has 1 saturated heterocycles. The second kappa shape index (κ2) is 4.80. The first-order valence-electron chi connectivity index (χ1n) is 6.95. The summed E-state index contributed by atoms with van der Waals surface area (Å²) in [4.78, 5) is 14.7. The van der Waals surface area contributed by atoms with Gasteiger partial charge in [0.05, 0.1) is 0 Å². The molecule has 3 nitrogen and oxygen atoms in total. The zero-order valence-corrected chi connectivity index (χ0v) is 11.7. The molecule has 0 radical (unpaired) electrons. The minimum Gasteiger partial charge on any atom is -0.335 e. The summed E-state index contributed by atoms with van der Waals surface area (Å²) >= 11 is 0. The van der Waals surface area contributed by atoms with Gasteiger partial charge in [-0.15, -0.1) is 12.4 Å². The lowest BCUT2D eigenvalue weighted by Crippen LogP contribution is -2.37. The van der Waals surface area contributed by atoms with Gasteiger partial charge in [-0.05, 0) is 48.4 Å². The summed E-state index contributed by atoms with van der Waals surface area (Å²) in [5.74, 6) is 1.02. The fourth-order valence-corrected chi connectivity index (χ4v) is 3.77. The van der Waals surface area contributed by atoms with Crippen LogP contribution in [-0.4, -0.2) is 23.4 Å². The average Bonchev–Trinajstić information content (AvgIpc) is 3.12. The smallest absolute Gasteiger partial charge is 0.254 e. The maximum absolute atomic E-state index is 12.5. The van der Waals surface area contributed by atoms with Crippen molar-refractivity contribution in [3.8, 4) is 0 Å². The number of amides is 1. The van der Waals surface area contributed by atoms with Crippen molar-refractivity contribution < 1.29 is 4.79 Å². The van der Waals surface area contributed by atoms with Gasteiger partial charge in [-0.3, -0.25) is 4.79 Å². The first-order chi connectivity index (χ1) is 8.81. The normalized spacial score (nSPS) is 27.3. The zero-order valence-electron chi connectivity index (χ0n) is 10.9. The first-order valence-corrected chi connectivity index (χ1v) is 6.95. The van der Waals surface area contributed by atoms with Crippen molar-refractivity contribution in [3.05, 3.63) is 34.9 Å². The van der Waals surface area contributed by atoms with Crippen molar-refractivity contribution in [2.75, 3.05) is 6.54 Å². The molecule has 3 aliphatic rings. The van der Waals surface area contributed by atoms with Crippen LogP contribution >= 0.6 is 12.4 Å². The lowest BCUT2D eigenvalue weighted by molar-refractivity contribution is 0.0703. The molecule has 102 valence electrons. The van der Waals surface area contributed by atoms with Gasteiger partial charge in [0.25, 0.3) is 5.91 Å². The Morgan fingerprint density at radius 1 is 1.21 bits per heavy atom. The largest absolute Gasteiger partial charge is 0.335 e. The molecule has 1 aliphatic carbocycles. The highest BCUT2D eigenvalue weighted by atomic mass is 35.5. The van der Waals surface area contributed by atoms with Crippen molar-refractivity contribution in [2.45, 2.75) is 38.4 Å². The number of carbonyl (C=O) groups is 1. The van der Waals surface area contributed by atoms with E-state index >= 15 is 0 Å². The molecule has 4 rings (SSSR count). The Morgan fingerprint density at radius 2 is 2.05 bits per heavy atom. The van der Waals surface area contributed by atoms with E-state index in [1.807, 2.05) is 6.07 Å². The fourth-order valence-electron chi connectivity index (χ4n) is 3.77. The molecule has 2 unspecified atom stereocenters. The quantitative estimate of drug-likeness (QED) is 0.855. The van der Waals surface area contributed by atoms with E-state index in [1.54, 1.807) is 0 Å². The second-order valence-electron chi connectivity index (χ2n) is 5.88. The van der Waals surface area contributed by atoms with E-state index in [0.29, 0.717) is 6.04 Å². The summed E-state index contributed by atoms with van der Waals surface area (Å²) in [6.45, 7) is 2.83. The standard InChI is InChI=1S/C15H18N2O.ClH/c18-15(17-9-10-1-4-14(17)5-10)11-2-3-12-7-16-8-13(12)6-11;/h2-3,6,10,14,16H,1,4-5,7-9H2;1H. The van der Waals surface area contributed by atoms with Crippen molar-refractivity contribution in [1.82, 2.24) is 10.2 Å². The molecular weight excluding hydrogens is 260 g/mol. The lowest BCUT2D eigenvalue weighted by Gasteiger charge is -2.27. The van der Waals surface area contributed by atoms with Crippen molar-refractivity contribution >= 4 is 18.3 Å². The molecule has 1 N–H and O–H groups in total. The highest BCUT2D eigenvalue weighted by molar-refractivity contribution is 5.95. The van der Waals surface area contributed by atoms with Gasteiger partial charge in [-0.25, -0.2) is 0 Å². The summed E-state index contributed by atoms with van der Waals surface area (Å²) in [5, 5.41) is 3.33. The molecule has 1 saturated carbocycles. The number of nitrogens with zero attached hydrogens (tertiary/aromatic N) is 1. The number of carbonyl (C=O) groups excluding carboxylic acids is 1. The van der Waals surface area contributed by atoms with E-state index in [-0.39, 0.29) is 18.3 Å². The van der Waals surface area contributed by atoms with Crippen LogP contribution < -0.4 is 5.32 Å². The molecule has 0 spiro atoms. The van der Waals surface area contributed by atoms with Gasteiger partial charge < -0.3 is 10.2 Å². The molecule has 2 aliphatic heterocycles. The first kappa shape index (κ1) is 12.9. The third kappa shape index (κ3) is 2.05. The number of hydrogen-bond donors (Lipinski definition) is 1. The van der Waals surface area contributed by atoms with Gasteiger partial charge >= 0.3 is 0 Å². The average molecular weight is 279 g/mol. The Kier molecular flexibility index (Phi) is 3.27. The summed E-state index contributed by atoms with van der Waals surface area (Å²) in [6.07, 6.45) is 3.77. The van der Waals surface area contributed by atoms with Crippen molar-refractivity contribution in [1.29, 1.82) is 0 Å². The highest BCUT2D eigenvalue weighted by Crippen LogP contribution is 2.38. The molecule has 2 fully saturated rings. The molecule has 1 aromatic carbocycles. The van der Waals surface area contributed by atoms with E-state index in [2.05, 4.69) is 22.3 Å². The van der Waals surface area contributed by atoms with Crippen LogP contribution in [0, 0.1) is 5.92 Å². The van der Waals surface area contributed by atoms with Crippen LogP contribution in [0.15, 0.2) is 18.2 Å². The Hall–Kier alpha value is -1.06. The molecule has 1 aromatic rings. The number of benzene rings is 1. The topological polar surface area (TPSA) is 32.3 Å². The molecule has 4 heteroatoms. The Balaban J connectivity index is 0.00000110. The van der Waals surface area contributed by atoms with Gasteiger partial charge in [0.2, 0.25) is 0 Å². The predicted octanol–water partition coefficient (Wildman–Crippen LogP) is 2.34. The van der Waals surface area contributed by atoms with Crippen molar-refractivity contribution in [2.24, 2.45) is 5.92 Å². The third-order valence-electron chi connectivity index (χ3n) is 4.75. The Bertz CT molecular complexity index is 517. The number of halogens is 1. The monoisotopic (exact) mass is 278 g/mol. The summed E-state index contributed by atoms with van der Waals surface area (Å²) in [5.41, 5.74) is 3.52. The molecule has 2 heterocycles. The van der Waals surface area contributed by atoms with Gasteiger partial charge in [0.15, 0.2) is 0 Å². The number of rotatable bonds is 1. The number of nitrogens with one attached hydrogen (secondary N) is 1. The molecule has 2 atom stereocenters. The van der Waals surface area contributed by atoms with E-state index in [1.165, 1.54) is 30.4 Å². The molecular formula is C15H19ClN2O. The van der Waals surface area contributed by atoms with Crippen LogP contribution in [-0.2, 0) is 13.1 Å². The van der Waals surface area contributed by atoms with Crippen LogP contribution in [0.5, 0.6) is 0 Å². The third-order valence-corrected chi connectivity index (χ3v) is 4.75. The molecule has 1 amide bonds. The zero-order chi connectivity index (χ0) is 12.1. The minimum absolute atomic E-state index is 0. The number of fused-ring (bicyclic) bond motifs is 3. The van der Waals surface area contributed by atoms with Crippen LogP contribution in [0.4, 0.5) is 0 Å². The maximum Gasteiger partial charge on any atom is 0.254 e. The van der Waals surface area contributed by atoms with E-state index < -0.39 is 0 Å². The van der Waals surface area contributed by atoms with E-state index in [4.69, 9.17) is 0 Å². The lowest BCUT2D eigenvalue weighted by atomic mass is 10.0. The molecule has 19 heavy (non-hydrogen) atoms. The van der Waals surface area contributed by atoms with Crippen LogP contribution in [0.1, 0.15) is 40.7 Å². The second-order valence-corrected chi connectivity index (χ2v) is 5.88. The number of likely N-dealkylation sites (tertiary alicyclic amines) is 1. The molecule has 2 bridgehead atoms. The van der Waals surface area contributed by atoms with Crippen LogP contribution in [0.25, 0.3) is 0 Å². The van der Waals surface area contributed by atoms with Crippen LogP contribution in [0.3, 0.4) is 0 Å². The summed E-state index contributed by atoms with van der Waals surface area (Å²) < 4.78 is 0. The number of piperidine rings is 1. The minimum atomic E-state index is 0. The van der Waals surface area contributed by atoms with Crippen LogP contribution in [0.2, 0.25) is 0 Å². The fraction of sp³-hybridized carbons (Fsp3) is 0.533. The highest BCUT2D eigenvalue weighted by Gasteiger charge is 2.40. The summed E-state index contributed by atoms with van der Waals surface area (Å²) in [7, 11) is 0. The summed E-state index contributed by atoms with van der Waals surface area (Å²) in [6, 6.07) is 6.72. The number of hydrogen-bond acceptors (Lipinski definition) is 2. The predicted molar refractivity (Wildman–Crippen MR) is 76.4 cm³/mol. The Labute approximate surface area is 119 Å². The van der Waals surface area contributed by atoms with Crippen molar-refractivity contribution in [3.63, 3.8) is 0 Å². The van der Waals surface area contributed by atoms with E-state index in [0.717, 1.165) is 31.1 Å². The van der Waals surface area contributed by atoms with Gasteiger partial charge in [0, 0.05) is 31.2 Å². The molecule has 0 aromatic heterocycles.